The molecule has 1 atom stereocenters. The Morgan fingerprint density at radius 1 is 1.27 bits per heavy atom. The van der Waals surface area contributed by atoms with Crippen molar-refractivity contribution in [2.24, 2.45) is 0 Å². The fourth-order valence-corrected chi connectivity index (χ4v) is 3.62. The van der Waals surface area contributed by atoms with Crippen LogP contribution in [0.25, 0.3) is 5.65 Å². The minimum absolute atomic E-state index is 0.0600. The smallest absolute Gasteiger partial charge is 0.241 e. The minimum Gasteiger partial charge on any atom is -0.323 e. The molecule has 0 saturated carbocycles. The summed E-state index contributed by atoms with van der Waals surface area (Å²) in [5.74, 6) is 0.0600. The molecule has 1 amide bonds. The van der Waals surface area contributed by atoms with Gasteiger partial charge in [0.15, 0.2) is 0 Å². The topological polar surface area (TPSA) is 62.5 Å². The third-order valence-electron chi connectivity index (χ3n) is 4.86. The minimum atomic E-state index is -0.107. The van der Waals surface area contributed by atoms with E-state index >= 15 is 0 Å². The van der Waals surface area contributed by atoms with Crippen molar-refractivity contribution < 1.29 is 4.79 Å². The van der Waals surface area contributed by atoms with E-state index in [0.29, 0.717) is 0 Å². The Bertz CT molecular complexity index is 905. The summed E-state index contributed by atoms with van der Waals surface area (Å²) in [6.07, 6.45) is 10.6. The summed E-state index contributed by atoms with van der Waals surface area (Å²) >= 11 is 0. The normalized spacial score (nSPS) is 18.1. The van der Waals surface area contributed by atoms with Crippen LogP contribution in [0.5, 0.6) is 0 Å². The zero-order valence-corrected chi connectivity index (χ0v) is 14.9. The van der Waals surface area contributed by atoms with Crippen LogP contribution in [0.2, 0.25) is 0 Å². The number of pyridine rings is 2. The summed E-state index contributed by atoms with van der Waals surface area (Å²) in [7, 11) is 0. The van der Waals surface area contributed by atoms with Crippen LogP contribution in [0.1, 0.15) is 30.5 Å². The Morgan fingerprint density at radius 3 is 3.04 bits per heavy atom. The number of hydrogen-bond acceptors (Lipinski definition) is 4. The Hall–Kier alpha value is -2.73. The van der Waals surface area contributed by atoms with Crippen LogP contribution < -0.4 is 5.32 Å². The highest BCUT2D eigenvalue weighted by Gasteiger charge is 2.28. The van der Waals surface area contributed by atoms with Crippen LogP contribution in [0.4, 0.5) is 5.69 Å². The Labute approximate surface area is 152 Å². The molecule has 0 unspecified atom stereocenters. The maximum Gasteiger partial charge on any atom is 0.241 e. The van der Waals surface area contributed by atoms with E-state index in [2.05, 4.69) is 26.3 Å². The molecule has 0 aliphatic carbocycles. The first-order chi connectivity index (χ1) is 12.7. The number of rotatable bonds is 4. The van der Waals surface area contributed by atoms with Gasteiger partial charge in [-0.05, 0) is 50.1 Å². The summed E-state index contributed by atoms with van der Waals surface area (Å²) in [5, 5.41) is 3.08. The molecule has 3 aromatic rings. The van der Waals surface area contributed by atoms with Crippen molar-refractivity contribution in [1.29, 1.82) is 0 Å². The fraction of sp³-hybridized carbons (Fsp3) is 0.350. The van der Waals surface area contributed by atoms with Gasteiger partial charge in [-0.1, -0.05) is 12.5 Å². The predicted octanol–water partition coefficient (Wildman–Crippen LogP) is 3.03. The number of carbonyl (C=O) groups excluding carboxylic acids is 1. The third kappa shape index (κ3) is 3.60. The molecular weight excluding hydrogens is 326 g/mol. The molecule has 0 aromatic carbocycles. The standard InChI is InChI=1S/C20H23N5O/c1-15-12-25-14-17(7-8-19(25)22-15)23-20(26)18-6-2-3-10-24(18)13-16-5-4-9-21-11-16/h4-5,7-9,11-12,14,18H,2-3,6,10,13H2,1H3,(H,23,26)/t18-/m1/s1. The van der Waals surface area contributed by atoms with Crippen LogP contribution in [0.3, 0.4) is 0 Å². The fourth-order valence-electron chi connectivity index (χ4n) is 3.62. The number of nitrogens with one attached hydrogen (secondary N) is 1. The second kappa shape index (κ2) is 7.25. The first-order valence-electron chi connectivity index (χ1n) is 9.08. The largest absolute Gasteiger partial charge is 0.323 e. The molecule has 4 rings (SSSR count). The number of imidazole rings is 1. The average molecular weight is 349 g/mol. The number of hydrogen-bond donors (Lipinski definition) is 1. The van der Waals surface area contributed by atoms with Gasteiger partial charge in [0, 0.05) is 31.3 Å². The number of likely N-dealkylation sites (tertiary alicyclic amines) is 1. The van der Waals surface area contributed by atoms with E-state index in [1.54, 1.807) is 6.20 Å². The van der Waals surface area contributed by atoms with Crippen molar-refractivity contribution in [3.63, 3.8) is 0 Å². The van der Waals surface area contributed by atoms with E-state index in [1.807, 2.05) is 48.1 Å². The number of fused-ring (bicyclic) bond motifs is 1. The summed E-state index contributed by atoms with van der Waals surface area (Å²) in [6.45, 7) is 3.65. The van der Waals surface area contributed by atoms with Crippen LogP contribution in [0.15, 0.2) is 49.1 Å². The van der Waals surface area contributed by atoms with Crippen molar-refractivity contribution in [2.75, 3.05) is 11.9 Å². The van der Waals surface area contributed by atoms with Gasteiger partial charge in [0.1, 0.15) is 5.65 Å². The molecule has 0 spiro atoms. The van der Waals surface area contributed by atoms with Gasteiger partial charge >= 0.3 is 0 Å². The Balaban J connectivity index is 1.48. The quantitative estimate of drug-likeness (QED) is 0.786. The number of nitrogens with zero attached hydrogens (tertiary/aromatic N) is 4. The molecule has 4 heterocycles. The van der Waals surface area contributed by atoms with E-state index in [4.69, 9.17) is 0 Å². The van der Waals surface area contributed by atoms with Gasteiger partial charge in [-0.2, -0.15) is 0 Å². The number of aryl methyl sites for hydroxylation is 1. The molecule has 1 fully saturated rings. The lowest BCUT2D eigenvalue weighted by Gasteiger charge is -2.34. The third-order valence-corrected chi connectivity index (χ3v) is 4.86. The van der Waals surface area contributed by atoms with Crippen molar-refractivity contribution >= 4 is 17.2 Å². The van der Waals surface area contributed by atoms with Gasteiger partial charge in [0.2, 0.25) is 5.91 Å². The van der Waals surface area contributed by atoms with Crippen molar-refractivity contribution in [2.45, 2.75) is 38.8 Å². The van der Waals surface area contributed by atoms with Crippen LogP contribution >= 0.6 is 0 Å². The number of carbonyl (C=O) groups is 1. The van der Waals surface area contributed by atoms with Gasteiger partial charge in [0.25, 0.3) is 0 Å². The zero-order valence-electron chi connectivity index (χ0n) is 14.9. The van der Waals surface area contributed by atoms with Crippen molar-refractivity contribution in [1.82, 2.24) is 19.3 Å². The molecule has 0 radical (unpaired) electrons. The van der Waals surface area contributed by atoms with E-state index in [0.717, 1.165) is 54.9 Å². The Kier molecular flexibility index (Phi) is 4.67. The molecule has 1 saturated heterocycles. The van der Waals surface area contributed by atoms with E-state index in [1.165, 1.54) is 0 Å². The molecule has 3 aromatic heterocycles. The molecular formula is C20H23N5O. The first-order valence-corrected chi connectivity index (χ1v) is 9.08. The molecule has 1 aliphatic heterocycles. The van der Waals surface area contributed by atoms with Crippen LogP contribution in [0, 0.1) is 6.92 Å². The van der Waals surface area contributed by atoms with Gasteiger partial charge in [-0.25, -0.2) is 4.98 Å². The molecule has 6 nitrogen and oxygen atoms in total. The number of piperidine rings is 1. The van der Waals surface area contributed by atoms with Gasteiger partial charge in [-0.3, -0.25) is 14.7 Å². The van der Waals surface area contributed by atoms with E-state index in [9.17, 15) is 4.79 Å². The van der Waals surface area contributed by atoms with Crippen LogP contribution in [-0.4, -0.2) is 37.8 Å². The van der Waals surface area contributed by atoms with Gasteiger partial charge in [-0.15, -0.1) is 0 Å². The predicted molar refractivity (Wildman–Crippen MR) is 101 cm³/mol. The SMILES string of the molecule is Cc1cn2cc(NC(=O)[C@H]3CCCCN3Cc3cccnc3)ccc2n1. The lowest BCUT2D eigenvalue weighted by molar-refractivity contribution is -0.122. The van der Waals surface area contributed by atoms with Crippen molar-refractivity contribution in [3.05, 3.63) is 60.3 Å². The molecule has 1 N–H and O–H groups in total. The zero-order chi connectivity index (χ0) is 17.9. The summed E-state index contributed by atoms with van der Waals surface area (Å²) in [6, 6.07) is 7.73. The van der Waals surface area contributed by atoms with Gasteiger partial charge in [0.05, 0.1) is 17.4 Å². The molecule has 0 bridgehead atoms. The number of aromatic nitrogens is 3. The lowest BCUT2D eigenvalue weighted by atomic mass is 10.0. The average Bonchev–Trinajstić information content (AvgIpc) is 3.02. The highest BCUT2D eigenvalue weighted by atomic mass is 16.2. The molecule has 6 heteroatoms. The summed E-state index contributed by atoms with van der Waals surface area (Å²) in [5.41, 5.74) is 3.79. The highest BCUT2D eigenvalue weighted by Crippen LogP contribution is 2.21. The highest BCUT2D eigenvalue weighted by molar-refractivity contribution is 5.94. The van der Waals surface area contributed by atoms with E-state index < -0.39 is 0 Å². The van der Waals surface area contributed by atoms with Crippen LogP contribution in [-0.2, 0) is 11.3 Å². The first kappa shape index (κ1) is 16.7. The molecule has 134 valence electrons. The lowest BCUT2D eigenvalue weighted by Crippen LogP contribution is -2.46. The van der Waals surface area contributed by atoms with Crippen molar-refractivity contribution in [3.8, 4) is 0 Å². The monoisotopic (exact) mass is 349 g/mol. The molecule has 26 heavy (non-hydrogen) atoms. The summed E-state index contributed by atoms with van der Waals surface area (Å²) in [4.78, 5) is 23.8. The second-order valence-electron chi connectivity index (χ2n) is 6.90. The summed E-state index contributed by atoms with van der Waals surface area (Å²) < 4.78 is 1.94. The Morgan fingerprint density at radius 2 is 2.19 bits per heavy atom. The second-order valence-corrected chi connectivity index (χ2v) is 6.90. The van der Waals surface area contributed by atoms with E-state index in [-0.39, 0.29) is 11.9 Å². The van der Waals surface area contributed by atoms with Gasteiger partial charge < -0.3 is 9.72 Å². The maximum absolute atomic E-state index is 12.9. The number of anilines is 1. The maximum atomic E-state index is 12.9. The number of amides is 1. The molecule has 1 aliphatic rings.